The molecule has 0 spiro atoms. The zero-order valence-electron chi connectivity index (χ0n) is 11.0. The van der Waals surface area contributed by atoms with Crippen LogP contribution in [0.4, 0.5) is 0 Å². The Labute approximate surface area is 103 Å². The molecule has 1 aliphatic heterocycles. The Morgan fingerprint density at radius 3 is 2.71 bits per heavy atom. The topological polar surface area (TPSA) is 75.4 Å². The maximum absolute atomic E-state index is 12.3. The molecule has 2 amide bonds. The number of nitrogens with zero attached hydrogens (tertiary/aromatic N) is 1. The van der Waals surface area contributed by atoms with Crippen molar-refractivity contribution < 1.29 is 9.59 Å². The highest BCUT2D eigenvalue weighted by Crippen LogP contribution is 2.22. The van der Waals surface area contributed by atoms with Crippen LogP contribution in [0, 0.1) is 0 Å². The van der Waals surface area contributed by atoms with E-state index in [1.165, 1.54) is 0 Å². The van der Waals surface area contributed by atoms with Crippen molar-refractivity contribution in [3.05, 3.63) is 0 Å². The van der Waals surface area contributed by atoms with Crippen LogP contribution >= 0.6 is 0 Å². The van der Waals surface area contributed by atoms with Crippen molar-refractivity contribution in [1.29, 1.82) is 0 Å². The molecule has 0 aromatic carbocycles. The van der Waals surface area contributed by atoms with Gasteiger partial charge in [0, 0.05) is 13.6 Å². The van der Waals surface area contributed by atoms with Gasteiger partial charge in [-0.2, -0.15) is 0 Å². The van der Waals surface area contributed by atoms with Crippen LogP contribution < -0.4 is 11.1 Å². The summed E-state index contributed by atoms with van der Waals surface area (Å²) in [5.74, 6) is -0.200. The maximum atomic E-state index is 12.3. The van der Waals surface area contributed by atoms with E-state index in [2.05, 4.69) is 5.32 Å². The van der Waals surface area contributed by atoms with E-state index in [9.17, 15) is 9.59 Å². The van der Waals surface area contributed by atoms with Gasteiger partial charge in [-0.25, -0.2) is 0 Å². The Kier molecular flexibility index (Phi) is 4.51. The zero-order chi connectivity index (χ0) is 13.1. The molecule has 0 aromatic heterocycles. The summed E-state index contributed by atoms with van der Waals surface area (Å²) < 4.78 is 0. The van der Waals surface area contributed by atoms with Gasteiger partial charge < -0.3 is 16.0 Å². The largest absolute Gasteiger partial charge is 0.357 e. The van der Waals surface area contributed by atoms with Crippen LogP contribution in [0.15, 0.2) is 0 Å². The SMILES string of the molecule is CCCC(C)(N)C(=O)N1CCCC1C(=O)NC. The van der Waals surface area contributed by atoms with E-state index in [1.807, 2.05) is 6.92 Å². The molecule has 3 N–H and O–H groups in total. The van der Waals surface area contributed by atoms with Crippen molar-refractivity contribution in [3.8, 4) is 0 Å². The van der Waals surface area contributed by atoms with Crippen molar-refractivity contribution in [2.24, 2.45) is 5.73 Å². The monoisotopic (exact) mass is 241 g/mol. The van der Waals surface area contributed by atoms with Gasteiger partial charge in [-0.05, 0) is 26.2 Å². The van der Waals surface area contributed by atoms with E-state index >= 15 is 0 Å². The van der Waals surface area contributed by atoms with E-state index in [0.717, 1.165) is 19.3 Å². The lowest BCUT2D eigenvalue weighted by atomic mass is 9.95. The van der Waals surface area contributed by atoms with Crippen LogP contribution in [-0.4, -0.2) is 41.9 Å². The standard InChI is InChI=1S/C12H23N3O2/c1-4-7-12(2,13)11(17)15-8-5-6-9(15)10(16)14-3/h9H,4-8,13H2,1-3H3,(H,14,16). The van der Waals surface area contributed by atoms with Crippen LogP contribution in [0.3, 0.4) is 0 Å². The number of carbonyl (C=O) groups excluding carboxylic acids is 2. The van der Waals surface area contributed by atoms with E-state index in [-0.39, 0.29) is 17.9 Å². The normalized spacial score (nSPS) is 23.3. The van der Waals surface area contributed by atoms with Gasteiger partial charge in [0.15, 0.2) is 0 Å². The molecule has 2 atom stereocenters. The van der Waals surface area contributed by atoms with Gasteiger partial charge >= 0.3 is 0 Å². The van der Waals surface area contributed by atoms with E-state index < -0.39 is 5.54 Å². The second-order valence-corrected chi connectivity index (χ2v) is 4.94. The van der Waals surface area contributed by atoms with Crippen molar-refractivity contribution >= 4 is 11.8 Å². The minimum absolute atomic E-state index is 0.0943. The van der Waals surface area contributed by atoms with Crippen molar-refractivity contribution in [1.82, 2.24) is 10.2 Å². The molecule has 5 heteroatoms. The number of likely N-dealkylation sites (N-methyl/N-ethyl adjacent to an activating group) is 1. The Hall–Kier alpha value is -1.10. The zero-order valence-corrected chi connectivity index (χ0v) is 11.0. The molecule has 0 saturated carbocycles. The highest BCUT2D eigenvalue weighted by atomic mass is 16.2. The first-order valence-electron chi connectivity index (χ1n) is 6.25. The second kappa shape index (κ2) is 5.49. The number of rotatable bonds is 4. The summed E-state index contributed by atoms with van der Waals surface area (Å²) in [6.45, 7) is 4.38. The average Bonchev–Trinajstić information content (AvgIpc) is 2.75. The Bertz CT molecular complexity index is 302. The molecule has 2 unspecified atom stereocenters. The first-order valence-corrected chi connectivity index (χ1v) is 6.25. The molecule has 1 aliphatic rings. The summed E-state index contributed by atoms with van der Waals surface area (Å²) in [7, 11) is 1.59. The summed E-state index contributed by atoms with van der Waals surface area (Å²) in [6.07, 6.45) is 3.10. The van der Waals surface area contributed by atoms with Crippen molar-refractivity contribution in [2.75, 3.05) is 13.6 Å². The molecule has 1 saturated heterocycles. The fourth-order valence-corrected chi connectivity index (χ4v) is 2.40. The van der Waals surface area contributed by atoms with Gasteiger partial charge in [-0.1, -0.05) is 13.3 Å². The summed E-state index contributed by atoms with van der Waals surface area (Å²) >= 11 is 0. The number of likely N-dealkylation sites (tertiary alicyclic amines) is 1. The molecule has 98 valence electrons. The van der Waals surface area contributed by atoms with Gasteiger partial charge in [0.25, 0.3) is 0 Å². The molecule has 0 radical (unpaired) electrons. The highest BCUT2D eigenvalue weighted by molar-refractivity contribution is 5.92. The molecular formula is C12H23N3O2. The number of carbonyl (C=O) groups is 2. The molecule has 1 heterocycles. The quantitative estimate of drug-likeness (QED) is 0.740. The van der Waals surface area contributed by atoms with Gasteiger partial charge in [0.05, 0.1) is 5.54 Å². The Morgan fingerprint density at radius 1 is 1.53 bits per heavy atom. The lowest BCUT2D eigenvalue weighted by molar-refractivity contribution is -0.142. The Morgan fingerprint density at radius 2 is 2.18 bits per heavy atom. The van der Waals surface area contributed by atoms with Crippen LogP contribution in [-0.2, 0) is 9.59 Å². The number of hydrogen-bond donors (Lipinski definition) is 2. The number of hydrogen-bond acceptors (Lipinski definition) is 3. The maximum Gasteiger partial charge on any atom is 0.243 e. The predicted molar refractivity (Wildman–Crippen MR) is 66.3 cm³/mol. The van der Waals surface area contributed by atoms with E-state index in [0.29, 0.717) is 13.0 Å². The van der Waals surface area contributed by atoms with E-state index in [1.54, 1.807) is 18.9 Å². The molecule has 1 fully saturated rings. The minimum atomic E-state index is -0.856. The van der Waals surface area contributed by atoms with E-state index in [4.69, 9.17) is 5.73 Å². The van der Waals surface area contributed by atoms with Crippen LogP contribution in [0.5, 0.6) is 0 Å². The predicted octanol–water partition coefficient (Wildman–Crippen LogP) is 0.241. The second-order valence-electron chi connectivity index (χ2n) is 4.94. The smallest absolute Gasteiger partial charge is 0.243 e. The average molecular weight is 241 g/mol. The molecule has 5 nitrogen and oxygen atoms in total. The van der Waals surface area contributed by atoms with Gasteiger partial charge in [-0.3, -0.25) is 9.59 Å². The lowest BCUT2D eigenvalue weighted by Gasteiger charge is -2.32. The fraction of sp³-hybridized carbons (Fsp3) is 0.833. The van der Waals surface area contributed by atoms with Crippen LogP contribution in [0.1, 0.15) is 39.5 Å². The summed E-state index contributed by atoms with van der Waals surface area (Å²) in [5, 5.41) is 2.60. The molecule has 0 aliphatic carbocycles. The first-order chi connectivity index (χ1) is 7.94. The van der Waals surface area contributed by atoms with Gasteiger partial charge in [-0.15, -0.1) is 0 Å². The third-order valence-electron chi connectivity index (χ3n) is 3.32. The van der Waals surface area contributed by atoms with Gasteiger partial charge in [0.1, 0.15) is 6.04 Å². The Balaban J connectivity index is 2.77. The third kappa shape index (κ3) is 2.97. The number of nitrogens with two attached hydrogens (primary N) is 1. The summed E-state index contributed by atoms with van der Waals surface area (Å²) in [6, 6.07) is -0.341. The highest BCUT2D eigenvalue weighted by Gasteiger charge is 2.40. The number of nitrogens with one attached hydrogen (secondary N) is 1. The summed E-state index contributed by atoms with van der Waals surface area (Å²) in [5.41, 5.74) is 5.18. The molecular weight excluding hydrogens is 218 g/mol. The first kappa shape index (κ1) is 14.0. The van der Waals surface area contributed by atoms with Crippen LogP contribution in [0.25, 0.3) is 0 Å². The molecule has 0 aromatic rings. The minimum Gasteiger partial charge on any atom is -0.357 e. The number of amides is 2. The van der Waals surface area contributed by atoms with Gasteiger partial charge in [0.2, 0.25) is 11.8 Å². The lowest BCUT2D eigenvalue weighted by Crippen LogP contribution is -2.56. The fourth-order valence-electron chi connectivity index (χ4n) is 2.40. The van der Waals surface area contributed by atoms with Crippen molar-refractivity contribution in [2.45, 2.75) is 51.1 Å². The summed E-state index contributed by atoms with van der Waals surface area (Å²) in [4.78, 5) is 25.6. The van der Waals surface area contributed by atoms with Crippen molar-refractivity contribution in [3.63, 3.8) is 0 Å². The molecule has 0 bridgehead atoms. The third-order valence-corrected chi connectivity index (χ3v) is 3.32. The molecule has 1 rings (SSSR count). The molecule has 17 heavy (non-hydrogen) atoms. The van der Waals surface area contributed by atoms with Crippen LogP contribution in [0.2, 0.25) is 0 Å².